The molecular formula is C16H14Br2ClF. The smallest absolute Gasteiger partial charge is 0.124 e. The molecule has 0 spiro atoms. The minimum Gasteiger partial charge on any atom is -0.207 e. The van der Waals surface area contributed by atoms with Gasteiger partial charge >= 0.3 is 0 Å². The number of benzene rings is 2. The highest BCUT2D eigenvalue weighted by Crippen LogP contribution is 2.24. The second-order valence-electron chi connectivity index (χ2n) is 4.79. The molecule has 0 aliphatic carbocycles. The number of alkyl halides is 1. The van der Waals surface area contributed by atoms with Crippen LogP contribution in [0, 0.1) is 11.7 Å². The van der Waals surface area contributed by atoms with Crippen molar-refractivity contribution >= 4 is 43.5 Å². The van der Waals surface area contributed by atoms with Crippen LogP contribution in [0.3, 0.4) is 0 Å². The molecule has 0 N–H and O–H groups in total. The highest BCUT2D eigenvalue weighted by Gasteiger charge is 2.12. The normalized spacial score (nSPS) is 12.4. The van der Waals surface area contributed by atoms with E-state index < -0.39 is 0 Å². The molecule has 0 aromatic heterocycles. The van der Waals surface area contributed by atoms with Crippen molar-refractivity contribution in [2.75, 3.05) is 5.33 Å². The molecule has 2 rings (SSSR count). The van der Waals surface area contributed by atoms with E-state index in [1.807, 2.05) is 12.1 Å². The number of hydrogen-bond donors (Lipinski definition) is 0. The summed E-state index contributed by atoms with van der Waals surface area (Å²) in [7, 11) is 0. The van der Waals surface area contributed by atoms with Crippen LogP contribution in [-0.2, 0) is 12.8 Å². The van der Waals surface area contributed by atoms with Gasteiger partial charge in [-0.15, -0.1) is 0 Å². The molecule has 0 radical (unpaired) electrons. The fraction of sp³-hybridized carbons (Fsp3) is 0.250. The summed E-state index contributed by atoms with van der Waals surface area (Å²) in [5, 5.41) is 1.39. The fourth-order valence-corrected chi connectivity index (χ4v) is 3.33. The van der Waals surface area contributed by atoms with E-state index >= 15 is 0 Å². The molecule has 1 atom stereocenters. The average Bonchev–Trinajstić information content (AvgIpc) is 2.41. The van der Waals surface area contributed by atoms with Crippen molar-refractivity contribution in [2.24, 2.45) is 5.92 Å². The van der Waals surface area contributed by atoms with Crippen molar-refractivity contribution in [2.45, 2.75) is 12.8 Å². The van der Waals surface area contributed by atoms with Gasteiger partial charge in [0.2, 0.25) is 0 Å². The van der Waals surface area contributed by atoms with Gasteiger partial charge in [0.05, 0.1) is 0 Å². The zero-order chi connectivity index (χ0) is 14.5. The van der Waals surface area contributed by atoms with E-state index in [0.29, 0.717) is 10.9 Å². The predicted octanol–water partition coefficient (Wildman–Crippen LogP) is 6.04. The van der Waals surface area contributed by atoms with E-state index in [-0.39, 0.29) is 5.82 Å². The molecule has 0 aliphatic rings. The summed E-state index contributed by atoms with van der Waals surface area (Å²) < 4.78 is 14.1. The first-order valence-corrected chi connectivity index (χ1v) is 8.62. The van der Waals surface area contributed by atoms with Crippen LogP contribution < -0.4 is 0 Å². The van der Waals surface area contributed by atoms with Gasteiger partial charge in [-0.25, -0.2) is 4.39 Å². The molecule has 0 nitrogen and oxygen atoms in total. The maximum absolute atomic E-state index is 13.1. The lowest BCUT2D eigenvalue weighted by Gasteiger charge is -2.15. The van der Waals surface area contributed by atoms with Crippen LogP contribution in [0.5, 0.6) is 0 Å². The summed E-state index contributed by atoms with van der Waals surface area (Å²) >= 11 is 13.1. The van der Waals surface area contributed by atoms with E-state index in [1.54, 1.807) is 6.07 Å². The lowest BCUT2D eigenvalue weighted by molar-refractivity contribution is 0.587. The molecule has 0 saturated heterocycles. The highest BCUT2D eigenvalue weighted by atomic mass is 79.9. The number of halogens is 4. The van der Waals surface area contributed by atoms with Gasteiger partial charge in [-0.3, -0.25) is 0 Å². The van der Waals surface area contributed by atoms with E-state index in [1.165, 1.54) is 17.7 Å². The van der Waals surface area contributed by atoms with Crippen molar-refractivity contribution < 1.29 is 4.39 Å². The SMILES string of the molecule is Fc1ccc(CC(CBr)Cc2cccc(Br)c2)c(Cl)c1. The minimum absolute atomic E-state index is 0.291. The zero-order valence-corrected chi connectivity index (χ0v) is 14.7. The molecule has 0 fully saturated rings. The first-order chi connectivity index (χ1) is 9.58. The van der Waals surface area contributed by atoms with E-state index in [9.17, 15) is 4.39 Å². The van der Waals surface area contributed by atoms with Gasteiger partial charge in [-0.2, -0.15) is 0 Å². The summed E-state index contributed by atoms with van der Waals surface area (Å²) in [6.45, 7) is 0. The van der Waals surface area contributed by atoms with Crippen LogP contribution >= 0.6 is 43.5 Å². The minimum atomic E-state index is -0.291. The first-order valence-electron chi connectivity index (χ1n) is 6.33. The molecule has 4 heteroatoms. The molecule has 0 amide bonds. The summed E-state index contributed by atoms with van der Waals surface area (Å²) in [6, 6.07) is 12.9. The Balaban J connectivity index is 2.09. The third-order valence-corrected chi connectivity index (χ3v) is 4.92. The zero-order valence-electron chi connectivity index (χ0n) is 10.8. The summed E-state index contributed by atoms with van der Waals surface area (Å²) in [5.41, 5.74) is 2.27. The monoisotopic (exact) mass is 418 g/mol. The molecule has 0 bridgehead atoms. The van der Waals surface area contributed by atoms with Crippen LogP contribution in [-0.4, -0.2) is 5.33 Å². The molecule has 2 aromatic carbocycles. The Morgan fingerprint density at radius 3 is 2.55 bits per heavy atom. The summed E-state index contributed by atoms with van der Waals surface area (Å²) in [6.07, 6.45) is 1.79. The van der Waals surface area contributed by atoms with Crippen LogP contribution in [0.25, 0.3) is 0 Å². The van der Waals surface area contributed by atoms with Gasteiger partial charge in [0, 0.05) is 14.8 Å². The molecule has 2 aromatic rings. The Kier molecular flexibility index (Phi) is 6.06. The summed E-state index contributed by atoms with van der Waals surface area (Å²) in [5.74, 6) is 0.133. The van der Waals surface area contributed by atoms with E-state index in [0.717, 1.165) is 28.2 Å². The Morgan fingerprint density at radius 2 is 1.90 bits per heavy atom. The average molecular weight is 421 g/mol. The van der Waals surface area contributed by atoms with Gasteiger partial charge in [0.15, 0.2) is 0 Å². The molecule has 106 valence electrons. The molecular weight excluding hydrogens is 406 g/mol. The third kappa shape index (κ3) is 4.57. The lowest BCUT2D eigenvalue weighted by Crippen LogP contribution is -2.10. The number of rotatable bonds is 5. The largest absolute Gasteiger partial charge is 0.207 e. The Labute approximate surface area is 140 Å². The van der Waals surface area contributed by atoms with Gasteiger partial charge in [-0.1, -0.05) is 61.7 Å². The van der Waals surface area contributed by atoms with Gasteiger partial charge in [0.25, 0.3) is 0 Å². The second kappa shape index (κ2) is 7.58. The van der Waals surface area contributed by atoms with Crippen LogP contribution in [0.2, 0.25) is 5.02 Å². The second-order valence-corrected chi connectivity index (χ2v) is 6.76. The molecule has 20 heavy (non-hydrogen) atoms. The van der Waals surface area contributed by atoms with Crippen LogP contribution in [0.15, 0.2) is 46.9 Å². The predicted molar refractivity (Wildman–Crippen MR) is 90.2 cm³/mol. The van der Waals surface area contributed by atoms with Gasteiger partial charge in [0.1, 0.15) is 5.82 Å². The standard InChI is InChI=1S/C16H14Br2ClF/c17-10-12(6-11-2-1-3-14(18)8-11)7-13-4-5-15(20)9-16(13)19/h1-5,8-9,12H,6-7,10H2. The first kappa shape index (κ1) is 16.0. The Hall–Kier alpha value is -0.380. The fourth-order valence-electron chi connectivity index (χ4n) is 2.18. The molecule has 0 saturated carbocycles. The molecule has 0 aliphatic heterocycles. The number of hydrogen-bond acceptors (Lipinski definition) is 0. The Morgan fingerprint density at radius 1 is 1.10 bits per heavy atom. The van der Waals surface area contributed by atoms with Crippen LogP contribution in [0.4, 0.5) is 4.39 Å². The molecule has 0 heterocycles. The third-order valence-electron chi connectivity index (χ3n) is 3.16. The lowest BCUT2D eigenvalue weighted by atomic mass is 9.94. The van der Waals surface area contributed by atoms with Crippen LogP contribution in [0.1, 0.15) is 11.1 Å². The van der Waals surface area contributed by atoms with Crippen molar-refractivity contribution in [1.29, 1.82) is 0 Å². The van der Waals surface area contributed by atoms with Crippen molar-refractivity contribution in [3.05, 3.63) is 68.9 Å². The van der Waals surface area contributed by atoms with Gasteiger partial charge < -0.3 is 0 Å². The van der Waals surface area contributed by atoms with Gasteiger partial charge in [-0.05, 0) is 54.2 Å². The maximum Gasteiger partial charge on any atom is 0.124 e. The maximum atomic E-state index is 13.1. The van der Waals surface area contributed by atoms with Crippen molar-refractivity contribution in [3.8, 4) is 0 Å². The van der Waals surface area contributed by atoms with E-state index in [2.05, 4.69) is 44.0 Å². The highest BCUT2D eigenvalue weighted by molar-refractivity contribution is 9.10. The van der Waals surface area contributed by atoms with Crippen molar-refractivity contribution in [3.63, 3.8) is 0 Å². The molecule has 1 unspecified atom stereocenters. The quantitative estimate of drug-likeness (QED) is 0.518. The topological polar surface area (TPSA) is 0 Å². The van der Waals surface area contributed by atoms with Crippen molar-refractivity contribution in [1.82, 2.24) is 0 Å². The summed E-state index contributed by atoms with van der Waals surface area (Å²) in [4.78, 5) is 0. The van der Waals surface area contributed by atoms with E-state index in [4.69, 9.17) is 11.6 Å². The Bertz CT molecular complexity index is 586.